The minimum absolute atomic E-state index is 0.141. The highest BCUT2D eigenvalue weighted by Gasteiger charge is 2.31. The van der Waals surface area contributed by atoms with Crippen molar-refractivity contribution in [2.45, 2.75) is 20.0 Å². The smallest absolute Gasteiger partial charge is 0.271 e. The van der Waals surface area contributed by atoms with Crippen molar-refractivity contribution in [3.8, 4) is 11.1 Å². The molecule has 1 aliphatic heterocycles. The van der Waals surface area contributed by atoms with Crippen LogP contribution in [0.5, 0.6) is 0 Å². The fourth-order valence-electron chi connectivity index (χ4n) is 4.38. The Kier molecular flexibility index (Phi) is 4.23. The minimum Gasteiger partial charge on any atom is -0.328 e. The zero-order chi connectivity index (χ0) is 22.7. The summed E-state index contributed by atoms with van der Waals surface area (Å²) in [5.74, 6) is -1.69. The Hall–Kier alpha value is -4.20. The molecule has 0 radical (unpaired) electrons. The van der Waals surface area contributed by atoms with Crippen molar-refractivity contribution in [1.29, 1.82) is 0 Å². The van der Waals surface area contributed by atoms with Gasteiger partial charge in [-0.15, -0.1) is 10.2 Å². The Morgan fingerprint density at radius 3 is 2.61 bits per heavy atom. The van der Waals surface area contributed by atoms with Crippen LogP contribution in [-0.2, 0) is 13.1 Å². The van der Waals surface area contributed by atoms with Gasteiger partial charge in [0.05, 0.1) is 12.1 Å². The summed E-state index contributed by atoms with van der Waals surface area (Å²) in [7, 11) is 0. The molecule has 33 heavy (non-hydrogen) atoms. The van der Waals surface area contributed by atoms with Gasteiger partial charge in [0.25, 0.3) is 5.91 Å². The van der Waals surface area contributed by atoms with Crippen LogP contribution in [0.25, 0.3) is 27.7 Å². The number of rotatable bonds is 3. The molecule has 0 saturated heterocycles. The van der Waals surface area contributed by atoms with Crippen molar-refractivity contribution in [3.05, 3.63) is 95.1 Å². The summed E-state index contributed by atoms with van der Waals surface area (Å²) in [4.78, 5) is 18.9. The van der Waals surface area contributed by atoms with Crippen LogP contribution in [0, 0.1) is 18.6 Å². The third-order valence-electron chi connectivity index (χ3n) is 6.06. The third-order valence-corrected chi connectivity index (χ3v) is 6.06. The lowest BCUT2D eigenvalue weighted by Gasteiger charge is -2.17. The number of fused-ring (bicyclic) bond motifs is 4. The lowest BCUT2D eigenvalue weighted by Crippen LogP contribution is -2.25. The summed E-state index contributed by atoms with van der Waals surface area (Å²) in [5, 5.41) is 8.67. The van der Waals surface area contributed by atoms with Gasteiger partial charge in [-0.25, -0.2) is 8.78 Å². The van der Waals surface area contributed by atoms with E-state index in [4.69, 9.17) is 0 Å². The summed E-state index contributed by atoms with van der Waals surface area (Å²) < 4.78 is 31.7. The van der Waals surface area contributed by atoms with Crippen molar-refractivity contribution in [1.82, 2.24) is 24.5 Å². The highest BCUT2D eigenvalue weighted by Crippen LogP contribution is 2.30. The van der Waals surface area contributed by atoms with E-state index in [1.807, 2.05) is 31.2 Å². The molecule has 6 nitrogen and oxygen atoms in total. The average Bonchev–Trinajstić information content (AvgIpc) is 3.40. The van der Waals surface area contributed by atoms with Crippen LogP contribution < -0.4 is 0 Å². The van der Waals surface area contributed by atoms with E-state index in [2.05, 4.69) is 15.2 Å². The standard InChI is InChI=1S/C25H17F2N5O/c1-14-2-3-16-8-15(4-6-22(16)29-14)18-9-20(26)19(21(27)10-18)12-31-11-17-5-7-23-30-28-13-32(23)24(17)25(31)33/h2-10,13H,11-12H2,1H3. The van der Waals surface area contributed by atoms with E-state index in [-0.39, 0.29) is 24.6 Å². The first-order valence-corrected chi connectivity index (χ1v) is 10.4. The first kappa shape index (κ1) is 19.5. The Labute approximate surface area is 187 Å². The first-order valence-electron chi connectivity index (χ1n) is 10.4. The Morgan fingerprint density at radius 2 is 1.79 bits per heavy atom. The van der Waals surface area contributed by atoms with Crippen LogP contribution in [0.4, 0.5) is 8.78 Å². The van der Waals surface area contributed by atoms with E-state index >= 15 is 8.78 Å². The van der Waals surface area contributed by atoms with E-state index in [1.165, 1.54) is 23.4 Å². The van der Waals surface area contributed by atoms with Crippen LogP contribution >= 0.6 is 0 Å². The predicted molar refractivity (Wildman–Crippen MR) is 118 cm³/mol. The molecule has 0 spiro atoms. The first-order chi connectivity index (χ1) is 16.0. The second-order valence-electron chi connectivity index (χ2n) is 8.21. The zero-order valence-electron chi connectivity index (χ0n) is 17.6. The molecule has 2 aromatic carbocycles. The van der Waals surface area contributed by atoms with Gasteiger partial charge in [0.2, 0.25) is 0 Å². The van der Waals surface area contributed by atoms with Crippen molar-refractivity contribution in [2.75, 3.05) is 0 Å². The van der Waals surface area contributed by atoms with E-state index in [0.717, 1.165) is 22.2 Å². The minimum atomic E-state index is -0.690. The normalized spacial score (nSPS) is 13.3. The van der Waals surface area contributed by atoms with Crippen molar-refractivity contribution < 1.29 is 13.6 Å². The van der Waals surface area contributed by atoms with Crippen molar-refractivity contribution in [3.63, 3.8) is 0 Å². The van der Waals surface area contributed by atoms with Gasteiger partial charge in [0.1, 0.15) is 23.7 Å². The molecule has 1 amide bonds. The molecule has 162 valence electrons. The molecule has 6 rings (SSSR count). The van der Waals surface area contributed by atoms with Crippen molar-refractivity contribution in [2.24, 2.45) is 0 Å². The van der Waals surface area contributed by atoms with Crippen molar-refractivity contribution >= 4 is 22.5 Å². The number of aryl methyl sites for hydroxylation is 1. The van der Waals surface area contributed by atoms with Gasteiger partial charge in [-0.05, 0) is 54.4 Å². The Balaban J connectivity index is 1.32. The number of aromatic nitrogens is 4. The monoisotopic (exact) mass is 441 g/mol. The van der Waals surface area contributed by atoms with E-state index in [0.29, 0.717) is 22.5 Å². The molecule has 8 heteroatoms. The third kappa shape index (κ3) is 3.14. The molecule has 0 atom stereocenters. The number of nitrogens with zero attached hydrogens (tertiary/aromatic N) is 5. The second kappa shape index (κ2) is 7.16. The lowest BCUT2D eigenvalue weighted by atomic mass is 10.0. The number of benzene rings is 2. The largest absolute Gasteiger partial charge is 0.328 e. The van der Waals surface area contributed by atoms with E-state index < -0.39 is 11.6 Å². The maximum atomic E-state index is 15.1. The van der Waals surface area contributed by atoms with Gasteiger partial charge in [-0.3, -0.25) is 14.2 Å². The maximum absolute atomic E-state index is 15.1. The van der Waals surface area contributed by atoms with Gasteiger partial charge >= 0.3 is 0 Å². The van der Waals surface area contributed by atoms with Crippen LogP contribution in [0.1, 0.15) is 27.3 Å². The number of amides is 1. The summed E-state index contributed by atoms with van der Waals surface area (Å²) in [6.07, 6.45) is 1.46. The van der Waals surface area contributed by atoms with Gasteiger partial charge < -0.3 is 4.90 Å². The quantitative estimate of drug-likeness (QED) is 0.408. The molecule has 0 unspecified atom stereocenters. The van der Waals surface area contributed by atoms with Gasteiger partial charge in [-0.1, -0.05) is 18.2 Å². The van der Waals surface area contributed by atoms with Gasteiger partial charge in [0, 0.05) is 28.8 Å². The topological polar surface area (TPSA) is 63.4 Å². The van der Waals surface area contributed by atoms with E-state index in [9.17, 15) is 4.79 Å². The van der Waals surface area contributed by atoms with Gasteiger partial charge in [0.15, 0.2) is 5.65 Å². The number of pyridine rings is 2. The predicted octanol–water partition coefficient (Wildman–Crippen LogP) is 4.69. The SMILES string of the molecule is Cc1ccc2cc(-c3cc(F)c(CN4Cc5ccc6nncn6c5C4=O)c(F)c3)ccc2n1. The van der Waals surface area contributed by atoms with E-state index in [1.54, 1.807) is 22.6 Å². The molecule has 0 N–H and O–H groups in total. The summed E-state index contributed by atoms with van der Waals surface area (Å²) in [6.45, 7) is 2.01. The molecule has 1 aliphatic rings. The molecule has 0 fully saturated rings. The van der Waals surface area contributed by atoms with Crippen LogP contribution in [0.2, 0.25) is 0 Å². The number of carbonyl (C=O) groups excluding carboxylic acids is 1. The molecule has 5 aromatic rings. The number of halogens is 2. The molecule has 0 aliphatic carbocycles. The zero-order valence-corrected chi connectivity index (χ0v) is 17.6. The molecule has 0 saturated carbocycles. The number of hydrogen-bond acceptors (Lipinski definition) is 4. The van der Waals surface area contributed by atoms with Crippen LogP contribution in [0.15, 0.2) is 60.9 Å². The molecule has 3 aromatic heterocycles. The molecule has 4 heterocycles. The Morgan fingerprint density at radius 1 is 0.970 bits per heavy atom. The summed E-state index contributed by atoms with van der Waals surface area (Å²) in [5.41, 5.74) is 4.45. The molecule has 0 bridgehead atoms. The van der Waals surface area contributed by atoms with Crippen LogP contribution in [-0.4, -0.2) is 30.4 Å². The fraction of sp³-hybridized carbons (Fsp3) is 0.120. The molecular weight excluding hydrogens is 424 g/mol. The summed E-state index contributed by atoms with van der Waals surface area (Å²) in [6, 6.07) is 15.5. The maximum Gasteiger partial charge on any atom is 0.271 e. The van der Waals surface area contributed by atoms with Gasteiger partial charge in [-0.2, -0.15) is 0 Å². The highest BCUT2D eigenvalue weighted by atomic mass is 19.1. The van der Waals surface area contributed by atoms with Crippen LogP contribution in [0.3, 0.4) is 0 Å². The fourth-order valence-corrected chi connectivity index (χ4v) is 4.38. The highest BCUT2D eigenvalue weighted by molar-refractivity contribution is 5.97. The molecular formula is C25H17F2N5O. The lowest BCUT2D eigenvalue weighted by molar-refractivity contribution is 0.0758. The second-order valence-corrected chi connectivity index (χ2v) is 8.21. The average molecular weight is 441 g/mol. The number of carbonyl (C=O) groups is 1. The Bertz CT molecular complexity index is 1570. The summed E-state index contributed by atoms with van der Waals surface area (Å²) >= 11 is 0. The number of hydrogen-bond donors (Lipinski definition) is 0.